The molecule has 2 N–H and O–H groups in total. The molecule has 0 bridgehead atoms. The predicted octanol–water partition coefficient (Wildman–Crippen LogP) is 3.39. The molecule has 0 fully saturated rings. The summed E-state index contributed by atoms with van der Waals surface area (Å²) in [5.41, 5.74) is 0.988. The molecule has 0 aliphatic carbocycles. The van der Waals surface area contributed by atoms with Crippen molar-refractivity contribution in [1.82, 2.24) is 4.98 Å². The molecule has 0 radical (unpaired) electrons. The summed E-state index contributed by atoms with van der Waals surface area (Å²) < 4.78 is 1.77. The lowest BCUT2D eigenvalue weighted by Crippen LogP contribution is -1.94. The predicted molar refractivity (Wildman–Crippen MR) is 60.7 cm³/mol. The second-order valence-corrected chi connectivity index (χ2v) is 4.61. The van der Waals surface area contributed by atoms with Gasteiger partial charge in [0.15, 0.2) is 0 Å². The number of benzene rings is 1. The summed E-state index contributed by atoms with van der Waals surface area (Å²) in [5, 5.41) is 9.65. The highest BCUT2D eigenvalue weighted by molar-refractivity contribution is 9.11. The molecule has 2 rings (SSSR count). The Morgan fingerprint density at radius 1 is 1.29 bits per heavy atom. The lowest BCUT2D eigenvalue weighted by Gasteiger charge is -1.94. The van der Waals surface area contributed by atoms with E-state index in [0.717, 1.165) is 19.8 Å². The van der Waals surface area contributed by atoms with Gasteiger partial charge in [-0.15, -0.1) is 0 Å². The quantitative estimate of drug-likeness (QED) is 0.846. The Labute approximate surface area is 96.4 Å². The summed E-state index contributed by atoms with van der Waals surface area (Å²) in [5.74, 6) is -0.954. The van der Waals surface area contributed by atoms with Crippen LogP contribution in [0.15, 0.2) is 27.1 Å². The molecule has 0 unspecified atom stereocenters. The van der Waals surface area contributed by atoms with Gasteiger partial charge in [0.2, 0.25) is 0 Å². The van der Waals surface area contributed by atoms with Crippen LogP contribution in [0.25, 0.3) is 10.9 Å². The molecular weight excluding hydrogens is 314 g/mol. The van der Waals surface area contributed by atoms with E-state index >= 15 is 0 Å². The van der Waals surface area contributed by atoms with E-state index < -0.39 is 5.97 Å². The molecule has 1 heterocycles. The molecule has 5 heteroatoms. The summed E-state index contributed by atoms with van der Waals surface area (Å²) >= 11 is 6.70. The molecule has 14 heavy (non-hydrogen) atoms. The topological polar surface area (TPSA) is 53.1 Å². The Morgan fingerprint density at radius 2 is 2.00 bits per heavy atom. The van der Waals surface area contributed by atoms with Crippen molar-refractivity contribution in [2.45, 2.75) is 0 Å². The van der Waals surface area contributed by atoms with Gasteiger partial charge in [-0.3, -0.25) is 0 Å². The first-order valence-corrected chi connectivity index (χ1v) is 5.37. The third kappa shape index (κ3) is 1.57. The zero-order chi connectivity index (χ0) is 10.3. The first-order valence-electron chi connectivity index (χ1n) is 3.79. The Kier molecular flexibility index (Phi) is 2.36. The summed E-state index contributed by atoms with van der Waals surface area (Å²) in [6.45, 7) is 0. The molecule has 1 aromatic heterocycles. The van der Waals surface area contributed by atoms with Crippen molar-refractivity contribution in [3.05, 3.63) is 32.8 Å². The highest BCUT2D eigenvalue weighted by Gasteiger charge is 2.09. The summed E-state index contributed by atoms with van der Waals surface area (Å²) in [6, 6.07) is 5.32. The highest BCUT2D eigenvalue weighted by atomic mass is 79.9. The Balaban J connectivity index is 2.76. The van der Waals surface area contributed by atoms with Crippen LogP contribution in [0.2, 0.25) is 0 Å². The van der Waals surface area contributed by atoms with Gasteiger partial charge >= 0.3 is 5.97 Å². The number of aromatic carboxylic acids is 1. The number of fused-ring (bicyclic) bond motifs is 1. The molecule has 1 aromatic carbocycles. The average molecular weight is 319 g/mol. The Bertz CT molecular complexity index is 519. The standard InChI is InChI=1S/C9H5Br2NO2/c10-4-1-6(11)5-3-8(9(13)14)12-7(5)2-4/h1-3,12H,(H,13,14). The number of hydrogen-bond donors (Lipinski definition) is 2. The molecule has 72 valence electrons. The number of aromatic nitrogens is 1. The molecule has 0 saturated carbocycles. The van der Waals surface area contributed by atoms with Gasteiger partial charge in [-0.25, -0.2) is 4.79 Å². The van der Waals surface area contributed by atoms with Crippen LogP contribution in [0.5, 0.6) is 0 Å². The van der Waals surface area contributed by atoms with Crippen molar-refractivity contribution < 1.29 is 9.90 Å². The molecule has 0 atom stereocenters. The van der Waals surface area contributed by atoms with E-state index in [4.69, 9.17) is 5.11 Å². The first-order chi connectivity index (χ1) is 6.58. The molecule has 0 amide bonds. The van der Waals surface area contributed by atoms with Crippen LogP contribution >= 0.6 is 31.9 Å². The Morgan fingerprint density at radius 3 is 2.64 bits per heavy atom. The monoisotopic (exact) mass is 317 g/mol. The fourth-order valence-electron chi connectivity index (χ4n) is 1.28. The number of carbonyl (C=O) groups is 1. The number of carboxylic acid groups (broad SMARTS) is 1. The number of aromatic amines is 1. The van der Waals surface area contributed by atoms with Crippen LogP contribution in [0.3, 0.4) is 0 Å². The van der Waals surface area contributed by atoms with Crippen LogP contribution < -0.4 is 0 Å². The van der Waals surface area contributed by atoms with Crippen molar-refractivity contribution in [2.75, 3.05) is 0 Å². The SMILES string of the molecule is O=C(O)c1cc2c(Br)cc(Br)cc2[nH]1. The largest absolute Gasteiger partial charge is 0.477 e. The van der Waals surface area contributed by atoms with Gasteiger partial charge in [-0.2, -0.15) is 0 Å². The molecule has 0 aliphatic heterocycles. The zero-order valence-corrected chi connectivity index (χ0v) is 10.0. The number of carboxylic acids is 1. The van der Waals surface area contributed by atoms with Crippen LogP contribution in [0.1, 0.15) is 10.5 Å². The molecule has 3 nitrogen and oxygen atoms in total. The van der Waals surface area contributed by atoms with E-state index in [1.807, 2.05) is 12.1 Å². The van der Waals surface area contributed by atoms with Crippen molar-refractivity contribution >= 4 is 48.7 Å². The van der Waals surface area contributed by atoms with Gasteiger partial charge in [0.05, 0.1) is 0 Å². The van der Waals surface area contributed by atoms with Crippen molar-refractivity contribution in [1.29, 1.82) is 0 Å². The fraction of sp³-hybridized carbons (Fsp3) is 0. The maximum atomic E-state index is 10.7. The smallest absolute Gasteiger partial charge is 0.352 e. The minimum absolute atomic E-state index is 0.193. The van der Waals surface area contributed by atoms with E-state index in [2.05, 4.69) is 36.8 Å². The molecule has 0 aliphatic rings. The van der Waals surface area contributed by atoms with Crippen molar-refractivity contribution in [3.63, 3.8) is 0 Å². The number of nitrogens with one attached hydrogen (secondary N) is 1. The lowest BCUT2D eigenvalue weighted by atomic mass is 10.2. The minimum Gasteiger partial charge on any atom is -0.477 e. The molecule has 0 spiro atoms. The average Bonchev–Trinajstić information content (AvgIpc) is 2.47. The third-order valence-corrected chi connectivity index (χ3v) is 3.00. The van der Waals surface area contributed by atoms with Gasteiger partial charge in [0, 0.05) is 19.8 Å². The lowest BCUT2D eigenvalue weighted by molar-refractivity contribution is 0.0691. The first kappa shape index (κ1) is 9.73. The van der Waals surface area contributed by atoms with Crippen LogP contribution in [-0.4, -0.2) is 16.1 Å². The van der Waals surface area contributed by atoms with Crippen LogP contribution in [0.4, 0.5) is 0 Å². The summed E-state index contributed by atoms with van der Waals surface area (Å²) in [7, 11) is 0. The Hall–Kier alpha value is -0.810. The fourth-order valence-corrected chi connectivity index (χ4v) is 2.62. The summed E-state index contributed by atoms with van der Waals surface area (Å²) in [4.78, 5) is 13.5. The zero-order valence-electron chi connectivity index (χ0n) is 6.84. The second kappa shape index (κ2) is 3.40. The number of rotatable bonds is 1. The van der Waals surface area contributed by atoms with E-state index in [0.29, 0.717) is 0 Å². The third-order valence-electron chi connectivity index (χ3n) is 1.88. The van der Waals surface area contributed by atoms with Gasteiger partial charge < -0.3 is 10.1 Å². The number of hydrogen-bond acceptors (Lipinski definition) is 1. The van der Waals surface area contributed by atoms with Crippen LogP contribution in [0, 0.1) is 0 Å². The number of H-pyrrole nitrogens is 1. The second-order valence-electron chi connectivity index (χ2n) is 2.84. The van der Waals surface area contributed by atoms with E-state index in [1.165, 1.54) is 0 Å². The van der Waals surface area contributed by atoms with E-state index in [-0.39, 0.29) is 5.69 Å². The van der Waals surface area contributed by atoms with Crippen LogP contribution in [-0.2, 0) is 0 Å². The van der Waals surface area contributed by atoms with Crippen molar-refractivity contribution in [2.24, 2.45) is 0 Å². The van der Waals surface area contributed by atoms with Gasteiger partial charge in [-0.1, -0.05) is 31.9 Å². The minimum atomic E-state index is -0.954. The number of halogens is 2. The van der Waals surface area contributed by atoms with Gasteiger partial charge in [0.25, 0.3) is 0 Å². The normalized spacial score (nSPS) is 10.7. The van der Waals surface area contributed by atoms with E-state index in [1.54, 1.807) is 6.07 Å². The maximum Gasteiger partial charge on any atom is 0.352 e. The summed E-state index contributed by atoms with van der Waals surface area (Å²) in [6.07, 6.45) is 0. The highest BCUT2D eigenvalue weighted by Crippen LogP contribution is 2.28. The maximum absolute atomic E-state index is 10.7. The molecule has 0 saturated heterocycles. The van der Waals surface area contributed by atoms with Crippen molar-refractivity contribution in [3.8, 4) is 0 Å². The van der Waals surface area contributed by atoms with E-state index in [9.17, 15) is 4.79 Å². The van der Waals surface area contributed by atoms with Gasteiger partial charge in [0.1, 0.15) is 5.69 Å². The molecular formula is C9H5Br2NO2. The van der Waals surface area contributed by atoms with Gasteiger partial charge in [-0.05, 0) is 18.2 Å². The molecule has 2 aromatic rings.